The minimum atomic E-state index is -1.22. The Labute approximate surface area is 214 Å². The van der Waals surface area contributed by atoms with Crippen molar-refractivity contribution in [3.05, 3.63) is 119 Å². The minimum Gasteiger partial charge on any atom is -0.476 e. The minimum absolute atomic E-state index is 0.152. The number of hydrogen-bond donors (Lipinski definition) is 2. The van der Waals surface area contributed by atoms with E-state index in [-0.39, 0.29) is 18.0 Å². The van der Waals surface area contributed by atoms with Gasteiger partial charge in [0.15, 0.2) is 5.13 Å². The van der Waals surface area contributed by atoms with Crippen LogP contribution in [-0.4, -0.2) is 41.6 Å². The Morgan fingerprint density at radius 1 is 0.917 bits per heavy atom. The van der Waals surface area contributed by atoms with Gasteiger partial charge < -0.3 is 20.0 Å². The van der Waals surface area contributed by atoms with Crippen LogP contribution in [0.4, 0.5) is 5.13 Å². The summed E-state index contributed by atoms with van der Waals surface area (Å²) in [5.74, 6) is -1.22. The molecule has 1 aromatic heterocycles. The molecule has 0 fully saturated rings. The average molecular weight is 502 g/mol. The molecule has 1 heterocycles. The molecule has 36 heavy (non-hydrogen) atoms. The molecule has 7 nitrogen and oxygen atoms in total. The van der Waals surface area contributed by atoms with Gasteiger partial charge in [-0.15, -0.1) is 11.3 Å². The second-order valence-electron chi connectivity index (χ2n) is 7.79. The number of carbonyl (C=O) groups is 1. The van der Waals surface area contributed by atoms with E-state index in [0.717, 1.165) is 16.7 Å². The smallest absolute Gasteiger partial charge is 0.360 e. The Hall–Kier alpha value is -4.01. The lowest BCUT2D eigenvalue weighted by Gasteiger charge is -2.36. The summed E-state index contributed by atoms with van der Waals surface area (Å²) < 4.78 is 5.20. The van der Waals surface area contributed by atoms with Gasteiger partial charge in [-0.05, 0) is 23.6 Å². The van der Waals surface area contributed by atoms with E-state index < -0.39 is 11.5 Å². The quantitative estimate of drug-likeness (QED) is 0.117. The normalized spacial score (nSPS) is 11.8. The third-order valence-corrected chi connectivity index (χ3v) is 6.30. The predicted molar refractivity (Wildman–Crippen MR) is 142 cm³/mol. The van der Waals surface area contributed by atoms with Crippen LogP contribution < -0.4 is 5.32 Å². The van der Waals surface area contributed by atoms with Gasteiger partial charge in [-0.25, -0.2) is 9.78 Å². The van der Waals surface area contributed by atoms with Crippen LogP contribution in [0, 0.1) is 0 Å². The number of anilines is 1. The maximum absolute atomic E-state index is 11.9. The number of ether oxygens (including phenoxy) is 1. The summed E-state index contributed by atoms with van der Waals surface area (Å²) in [4.78, 5) is 21.6. The molecule has 0 saturated heterocycles. The van der Waals surface area contributed by atoms with E-state index in [0.29, 0.717) is 18.3 Å². The van der Waals surface area contributed by atoms with Crippen LogP contribution in [0.3, 0.4) is 0 Å². The fourth-order valence-electron chi connectivity index (χ4n) is 3.93. The van der Waals surface area contributed by atoms with Crippen molar-refractivity contribution in [2.75, 3.05) is 25.1 Å². The molecule has 0 amide bonds. The number of aromatic nitrogens is 1. The van der Waals surface area contributed by atoms with Crippen molar-refractivity contribution in [3.8, 4) is 0 Å². The highest BCUT2D eigenvalue weighted by atomic mass is 32.1. The van der Waals surface area contributed by atoms with Gasteiger partial charge in [-0.3, -0.25) is 0 Å². The molecular weight excluding hydrogens is 474 g/mol. The summed E-state index contributed by atoms with van der Waals surface area (Å²) in [6, 6.07) is 30.3. The van der Waals surface area contributed by atoms with Crippen LogP contribution in [0.25, 0.3) is 0 Å². The summed E-state index contributed by atoms with van der Waals surface area (Å²) in [5, 5.41) is 19.4. The first kappa shape index (κ1) is 25.1. The maximum Gasteiger partial charge on any atom is 0.360 e. The van der Waals surface area contributed by atoms with Crippen LogP contribution in [-0.2, 0) is 19.9 Å². The van der Waals surface area contributed by atoms with Crippen molar-refractivity contribution < 1.29 is 19.5 Å². The average Bonchev–Trinajstić information content (AvgIpc) is 3.38. The molecule has 4 rings (SSSR count). The molecule has 0 spiro atoms. The summed E-state index contributed by atoms with van der Waals surface area (Å²) in [5.41, 5.74) is 2.24. The number of aliphatic carboxylic acids is 1. The molecule has 0 aliphatic rings. The number of nitrogens with one attached hydrogen (secondary N) is 1. The molecule has 0 saturated carbocycles. The molecule has 0 aliphatic carbocycles. The van der Waals surface area contributed by atoms with E-state index in [1.807, 2.05) is 61.5 Å². The van der Waals surface area contributed by atoms with E-state index in [1.54, 1.807) is 5.38 Å². The molecule has 2 N–H and O–H groups in total. The molecule has 0 unspecified atom stereocenters. The van der Waals surface area contributed by atoms with E-state index in [2.05, 4.69) is 51.9 Å². The number of rotatable bonds is 12. The van der Waals surface area contributed by atoms with Gasteiger partial charge in [0, 0.05) is 12.0 Å². The molecule has 0 radical (unpaired) electrons. The van der Waals surface area contributed by atoms with Gasteiger partial charge in [0.25, 0.3) is 0 Å². The number of carboxylic acid groups (broad SMARTS) is 1. The maximum atomic E-state index is 11.9. The predicted octanol–water partition coefficient (Wildman–Crippen LogP) is 5.39. The first-order chi connectivity index (χ1) is 17.6. The van der Waals surface area contributed by atoms with Gasteiger partial charge in [0.05, 0.1) is 6.61 Å². The number of hydrogen-bond acceptors (Lipinski definition) is 7. The molecule has 4 aromatic rings. The third-order valence-electron chi connectivity index (χ3n) is 5.54. The first-order valence-corrected chi connectivity index (χ1v) is 12.4. The van der Waals surface area contributed by atoms with Crippen molar-refractivity contribution in [1.82, 2.24) is 4.98 Å². The fraction of sp³-hybridized carbons (Fsp3) is 0.179. The number of carboxylic acids is 1. The molecule has 0 bridgehead atoms. The Morgan fingerprint density at radius 3 is 1.92 bits per heavy atom. The van der Waals surface area contributed by atoms with Crippen LogP contribution in [0.15, 0.2) is 102 Å². The Balaban J connectivity index is 1.75. The van der Waals surface area contributed by atoms with Crippen molar-refractivity contribution >= 4 is 28.1 Å². The lowest BCUT2D eigenvalue weighted by molar-refractivity contribution is -0.129. The Morgan fingerprint density at radius 2 is 1.44 bits per heavy atom. The molecule has 8 heteroatoms. The van der Waals surface area contributed by atoms with E-state index in [1.165, 1.54) is 11.3 Å². The molecule has 0 aliphatic heterocycles. The number of nitrogens with zero attached hydrogens (tertiary/aromatic N) is 2. The Bertz CT molecular complexity index is 1180. The molecular formula is C28H27N3O4S. The second kappa shape index (κ2) is 12.1. The lowest BCUT2D eigenvalue weighted by atomic mass is 9.77. The molecule has 184 valence electrons. The zero-order valence-electron chi connectivity index (χ0n) is 19.8. The SMILES string of the molecule is CCOCCON=C(C(=O)O)c1csc(NC(c2ccccc2)(c2ccccc2)c2ccccc2)n1. The van der Waals surface area contributed by atoms with Gasteiger partial charge in [0.1, 0.15) is 17.8 Å². The summed E-state index contributed by atoms with van der Waals surface area (Å²) in [7, 11) is 0. The summed E-state index contributed by atoms with van der Waals surface area (Å²) in [6.07, 6.45) is 0. The highest BCUT2D eigenvalue weighted by Crippen LogP contribution is 2.40. The first-order valence-electron chi connectivity index (χ1n) is 11.6. The van der Waals surface area contributed by atoms with Crippen molar-refractivity contribution in [2.24, 2.45) is 5.16 Å². The van der Waals surface area contributed by atoms with Crippen LogP contribution >= 0.6 is 11.3 Å². The van der Waals surface area contributed by atoms with Crippen LogP contribution in [0.2, 0.25) is 0 Å². The lowest BCUT2D eigenvalue weighted by Crippen LogP contribution is -2.38. The number of benzene rings is 3. The molecule has 3 aromatic carbocycles. The van der Waals surface area contributed by atoms with Gasteiger partial charge in [-0.1, -0.05) is 96.2 Å². The zero-order valence-corrected chi connectivity index (χ0v) is 20.7. The van der Waals surface area contributed by atoms with Gasteiger partial charge in [-0.2, -0.15) is 0 Å². The second-order valence-corrected chi connectivity index (χ2v) is 8.64. The topological polar surface area (TPSA) is 93.0 Å². The van der Waals surface area contributed by atoms with Crippen molar-refractivity contribution in [1.29, 1.82) is 0 Å². The molecule has 0 atom stereocenters. The summed E-state index contributed by atoms with van der Waals surface area (Å²) >= 11 is 1.31. The largest absolute Gasteiger partial charge is 0.476 e. The van der Waals surface area contributed by atoms with Gasteiger partial charge >= 0.3 is 5.97 Å². The van der Waals surface area contributed by atoms with Crippen LogP contribution in [0.1, 0.15) is 29.3 Å². The third kappa shape index (κ3) is 5.62. The number of thiazole rings is 1. The van der Waals surface area contributed by atoms with Crippen LogP contribution in [0.5, 0.6) is 0 Å². The highest BCUT2D eigenvalue weighted by molar-refractivity contribution is 7.14. The van der Waals surface area contributed by atoms with Crippen molar-refractivity contribution in [2.45, 2.75) is 12.5 Å². The van der Waals surface area contributed by atoms with E-state index in [9.17, 15) is 9.90 Å². The van der Waals surface area contributed by atoms with E-state index >= 15 is 0 Å². The Kier molecular flexibility index (Phi) is 8.44. The zero-order chi connectivity index (χ0) is 25.2. The van der Waals surface area contributed by atoms with Gasteiger partial charge in [0.2, 0.25) is 5.71 Å². The highest BCUT2D eigenvalue weighted by Gasteiger charge is 2.37. The summed E-state index contributed by atoms with van der Waals surface area (Å²) in [6.45, 7) is 2.89. The van der Waals surface area contributed by atoms with Crippen molar-refractivity contribution in [3.63, 3.8) is 0 Å². The standard InChI is InChI=1S/C28H27N3O4S/c1-2-34-18-19-35-31-25(26(32)33)24-20-36-27(29-24)30-28(21-12-6-3-7-13-21,22-14-8-4-9-15-22)23-16-10-5-11-17-23/h3-17,20H,2,18-19H2,1H3,(H,29,30)(H,32,33). The number of oxime groups is 1. The van der Waals surface area contributed by atoms with E-state index in [4.69, 9.17) is 9.57 Å². The fourth-order valence-corrected chi connectivity index (χ4v) is 4.68. The monoisotopic (exact) mass is 501 g/mol.